The Bertz CT molecular complexity index is 818. The number of piperidine rings is 1. The smallest absolute Gasteiger partial charge is 0.127 e. The number of rotatable bonds is 6. The van der Waals surface area contributed by atoms with Gasteiger partial charge in [-0.2, -0.15) is 0 Å². The molecule has 3 nitrogen and oxygen atoms in total. The third-order valence-corrected chi connectivity index (χ3v) is 5.07. The second kappa shape index (κ2) is 7.75. The molecule has 0 aliphatic carbocycles. The van der Waals surface area contributed by atoms with Crippen molar-refractivity contribution in [3.63, 3.8) is 0 Å². The zero-order valence-electron chi connectivity index (χ0n) is 14.7. The van der Waals surface area contributed by atoms with Crippen molar-refractivity contribution >= 4 is 5.52 Å². The number of fused-ring (bicyclic) bond motifs is 1. The zero-order valence-corrected chi connectivity index (χ0v) is 14.7. The molecule has 1 aliphatic heterocycles. The van der Waals surface area contributed by atoms with Gasteiger partial charge in [-0.15, -0.1) is 0 Å². The minimum atomic E-state index is 0.777. The second-order valence-corrected chi connectivity index (χ2v) is 6.82. The highest BCUT2D eigenvalue weighted by molar-refractivity contribution is 5.84. The number of likely N-dealkylation sites (tertiary alicyclic amines) is 1. The average molecular weight is 334 g/mol. The van der Waals surface area contributed by atoms with Crippen LogP contribution in [-0.4, -0.2) is 35.5 Å². The molecular formula is C22H26N2O. The topological polar surface area (TPSA) is 16.9 Å². The van der Waals surface area contributed by atoms with Crippen LogP contribution in [0, 0.1) is 0 Å². The molecule has 2 aromatic heterocycles. The Hall–Kier alpha value is -2.26. The Morgan fingerprint density at radius 2 is 1.64 bits per heavy atom. The van der Waals surface area contributed by atoms with E-state index >= 15 is 0 Å². The molecule has 1 fully saturated rings. The maximum absolute atomic E-state index is 6.16. The van der Waals surface area contributed by atoms with Gasteiger partial charge in [-0.25, -0.2) is 0 Å². The molecule has 0 atom stereocenters. The highest BCUT2D eigenvalue weighted by atomic mass is 16.5. The van der Waals surface area contributed by atoms with Crippen LogP contribution in [-0.2, 0) is 0 Å². The molecule has 0 bridgehead atoms. The minimum Gasteiger partial charge on any atom is -0.493 e. The zero-order chi connectivity index (χ0) is 16.9. The van der Waals surface area contributed by atoms with Gasteiger partial charge in [0.05, 0.1) is 12.1 Å². The number of para-hydroxylation sites is 1. The summed E-state index contributed by atoms with van der Waals surface area (Å²) in [5.74, 6) is 0.984. The van der Waals surface area contributed by atoms with Gasteiger partial charge in [-0.1, -0.05) is 30.7 Å². The van der Waals surface area contributed by atoms with Gasteiger partial charge in [0.2, 0.25) is 0 Å². The molecule has 4 rings (SSSR count). The molecule has 0 radical (unpaired) electrons. The molecule has 3 aromatic rings. The third kappa shape index (κ3) is 3.72. The lowest BCUT2D eigenvalue weighted by atomic mass is 10.1. The van der Waals surface area contributed by atoms with Gasteiger partial charge in [0, 0.05) is 30.1 Å². The van der Waals surface area contributed by atoms with Crippen molar-refractivity contribution < 1.29 is 4.74 Å². The molecular weight excluding hydrogens is 308 g/mol. The van der Waals surface area contributed by atoms with Crippen LogP contribution in [0.1, 0.15) is 25.7 Å². The van der Waals surface area contributed by atoms with Crippen molar-refractivity contribution in [3.05, 3.63) is 60.9 Å². The Balaban J connectivity index is 1.44. The third-order valence-electron chi connectivity index (χ3n) is 5.07. The van der Waals surface area contributed by atoms with Crippen molar-refractivity contribution in [2.45, 2.75) is 25.7 Å². The van der Waals surface area contributed by atoms with E-state index in [0.29, 0.717) is 0 Å². The largest absolute Gasteiger partial charge is 0.493 e. The summed E-state index contributed by atoms with van der Waals surface area (Å²) in [5, 5.41) is 0. The number of nitrogens with zero attached hydrogens (tertiary/aromatic N) is 2. The van der Waals surface area contributed by atoms with Crippen molar-refractivity contribution in [2.75, 3.05) is 26.2 Å². The van der Waals surface area contributed by atoms with Crippen LogP contribution < -0.4 is 4.74 Å². The summed E-state index contributed by atoms with van der Waals surface area (Å²) >= 11 is 0. The molecule has 0 amide bonds. The molecule has 0 N–H and O–H groups in total. The quantitative estimate of drug-likeness (QED) is 0.599. The Morgan fingerprint density at radius 1 is 0.800 bits per heavy atom. The summed E-state index contributed by atoms with van der Waals surface area (Å²) in [5.41, 5.74) is 3.62. The maximum Gasteiger partial charge on any atom is 0.127 e. The predicted octanol–water partition coefficient (Wildman–Crippen LogP) is 4.86. The number of benzene rings is 1. The van der Waals surface area contributed by atoms with Crippen LogP contribution in [0.3, 0.4) is 0 Å². The van der Waals surface area contributed by atoms with Gasteiger partial charge in [0.15, 0.2) is 0 Å². The standard InChI is InChI=1S/C22H26N2O/c1-5-13-23(14-6-1)15-8-18-25-22-11-3-2-9-20(22)19-12-17-24-16-7-4-10-21(19)24/h2-4,7,9-12,16-17H,1,5-6,8,13-15,18H2. The van der Waals surface area contributed by atoms with Crippen LogP contribution in [0.5, 0.6) is 5.75 Å². The Morgan fingerprint density at radius 3 is 2.56 bits per heavy atom. The van der Waals surface area contributed by atoms with Crippen molar-refractivity contribution in [3.8, 4) is 16.9 Å². The van der Waals surface area contributed by atoms with Gasteiger partial charge >= 0.3 is 0 Å². The lowest BCUT2D eigenvalue weighted by Gasteiger charge is -2.26. The van der Waals surface area contributed by atoms with Crippen molar-refractivity contribution in [1.82, 2.24) is 9.30 Å². The van der Waals surface area contributed by atoms with Crippen LogP contribution in [0.25, 0.3) is 16.6 Å². The first-order valence-corrected chi connectivity index (χ1v) is 9.42. The summed E-state index contributed by atoms with van der Waals surface area (Å²) in [6, 6.07) is 16.9. The first-order valence-electron chi connectivity index (χ1n) is 9.42. The summed E-state index contributed by atoms with van der Waals surface area (Å²) in [7, 11) is 0. The molecule has 3 heteroatoms. The predicted molar refractivity (Wildman–Crippen MR) is 103 cm³/mol. The fraction of sp³-hybridized carbons (Fsp3) is 0.364. The van der Waals surface area contributed by atoms with Gasteiger partial charge in [-0.3, -0.25) is 0 Å². The van der Waals surface area contributed by atoms with Crippen LogP contribution in [0.2, 0.25) is 0 Å². The van der Waals surface area contributed by atoms with E-state index in [0.717, 1.165) is 25.3 Å². The highest BCUT2D eigenvalue weighted by Crippen LogP contribution is 2.33. The summed E-state index contributed by atoms with van der Waals surface area (Å²) in [6.45, 7) is 4.44. The highest BCUT2D eigenvalue weighted by Gasteiger charge is 2.11. The van der Waals surface area contributed by atoms with Crippen LogP contribution >= 0.6 is 0 Å². The van der Waals surface area contributed by atoms with Gasteiger partial charge in [-0.05, 0) is 56.6 Å². The summed E-state index contributed by atoms with van der Waals surface area (Å²) < 4.78 is 8.32. The van der Waals surface area contributed by atoms with Gasteiger partial charge in [0.1, 0.15) is 5.75 Å². The van der Waals surface area contributed by atoms with E-state index in [1.807, 2.05) is 0 Å². The van der Waals surface area contributed by atoms with Crippen LogP contribution in [0.4, 0.5) is 0 Å². The number of hydrogen-bond donors (Lipinski definition) is 0. The van der Waals surface area contributed by atoms with E-state index in [1.165, 1.54) is 49.0 Å². The minimum absolute atomic E-state index is 0.777. The van der Waals surface area contributed by atoms with Crippen molar-refractivity contribution in [2.24, 2.45) is 0 Å². The number of aromatic nitrogens is 1. The van der Waals surface area contributed by atoms with E-state index in [1.54, 1.807) is 0 Å². The lowest BCUT2D eigenvalue weighted by Crippen LogP contribution is -2.31. The number of hydrogen-bond acceptors (Lipinski definition) is 2. The van der Waals surface area contributed by atoms with Gasteiger partial charge in [0.25, 0.3) is 0 Å². The Labute approximate surface area is 149 Å². The van der Waals surface area contributed by atoms with E-state index in [4.69, 9.17) is 4.74 Å². The van der Waals surface area contributed by atoms with E-state index in [-0.39, 0.29) is 0 Å². The van der Waals surface area contributed by atoms with E-state index in [9.17, 15) is 0 Å². The van der Waals surface area contributed by atoms with E-state index < -0.39 is 0 Å². The molecule has 0 unspecified atom stereocenters. The average Bonchev–Trinajstić information content (AvgIpc) is 3.10. The van der Waals surface area contributed by atoms with Gasteiger partial charge < -0.3 is 14.0 Å². The first kappa shape index (κ1) is 16.2. The molecule has 0 saturated carbocycles. The number of ether oxygens (including phenoxy) is 1. The molecule has 1 aliphatic rings. The molecule has 3 heterocycles. The monoisotopic (exact) mass is 334 g/mol. The summed E-state index contributed by atoms with van der Waals surface area (Å²) in [6.07, 6.45) is 9.38. The lowest BCUT2D eigenvalue weighted by molar-refractivity contribution is 0.205. The second-order valence-electron chi connectivity index (χ2n) is 6.82. The summed E-state index contributed by atoms with van der Waals surface area (Å²) in [4.78, 5) is 2.57. The molecule has 25 heavy (non-hydrogen) atoms. The number of pyridine rings is 1. The molecule has 1 aromatic carbocycles. The fourth-order valence-corrected chi connectivity index (χ4v) is 3.75. The molecule has 1 saturated heterocycles. The SMILES string of the molecule is c1ccc(-c2ccn3ccccc23)c(OCCCN2CCCCC2)c1. The fourth-order valence-electron chi connectivity index (χ4n) is 3.75. The Kier molecular flexibility index (Phi) is 5.03. The molecule has 130 valence electrons. The maximum atomic E-state index is 6.16. The van der Waals surface area contributed by atoms with Crippen molar-refractivity contribution in [1.29, 1.82) is 0 Å². The molecule has 0 spiro atoms. The first-order chi connectivity index (χ1) is 12.4. The van der Waals surface area contributed by atoms with Crippen LogP contribution in [0.15, 0.2) is 60.9 Å². The normalized spacial score (nSPS) is 15.5. The van der Waals surface area contributed by atoms with E-state index in [2.05, 4.69) is 70.2 Å².